The Labute approximate surface area is 119 Å². The molecule has 7 heteroatoms. The number of aromatic nitrogens is 2. The number of nitrogens with zero attached hydrogens (tertiary/aromatic N) is 2. The number of hydrogen-bond acceptors (Lipinski definition) is 3. The van der Waals surface area contributed by atoms with Crippen molar-refractivity contribution in [3.8, 4) is 0 Å². The second-order valence-electron chi connectivity index (χ2n) is 5.02. The van der Waals surface area contributed by atoms with Crippen LogP contribution in [0.25, 0.3) is 0 Å². The summed E-state index contributed by atoms with van der Waals surface area (Å²) in [7, 11) is 0. The molecule has 1 aromatic carbocycles. The van der Waals surface area contributed by atoms with Gasteiger partial charge in [-0.15, -0.1) is 0 Å². The normalized spacial score (nSPS) is 21.8. The minimum Gasteiger partial charge on any atom is -0.391 e. The van der Waals surface area contributed by atoms with Crippen molar-refractivity contribution in [1.82, 2.24) is 15.1 Å². The Balaban J connectivity index is 1.92. The first-order valence-electron chi connectivity index (χ1n) is 6.49. The fourth-order valence-electron chi connectivity index (χ4n) is 2.61. The average molecular weight is 293 g/mol. The summed E-state index contributed by atoms with van der Waals surface area (Å²) in [6.45, 7) is 0.147. The molecular weight excluding hydrogens is 280 g/mol. The van der Waals surface area contributed by atoms with Crippen LogP contribution >= 0.6 is 0 Å². The molecular formula is C14H13F2N3O2. The molecule has 2 aromatic rings. The van der Waals surface area contributed by atoms with Crippen LogP contribution in [0, 0.1) is 11.6 Å². The van der Waals surface area contributed by atoms with Crippen LogP contribution in [0.2, 0.25) is 0 Å². The van der Waals surface area contributed by atoms with Crippen molar-refractivity contribution in [2.75, 3.05) is 6.54 Å². The molecule has 1 aromatic heterocycles. The number of aliphatic hydroxyl groups is 1. The number of amides is 1. The molecule has 0 bridgehead atoms. The van der Waals surface area contributed by atoms with Gasteiger partial charge in [0.1, 0.15) is 0 Å². The molecule has 0 aliphatic carbocycles. The molecule has 0 radical (unpaired) electrons. The van der Waals surface area contributed by atoms with Crippen LogP contribution in [0.4, 0.5) is 8.78 Å². The lowest BCUT2D eigenvalue weighted by Crippen LogP contribution is -2.31. The maximum atomic E-state index is 13.4. The van der Waals surface area contributed by atoms with Crippen molar-refractivity contribution in [2.24, 2.45) is 0 Å². The first-order chi connectivity index (χ1) is 10.1. The molecule has 21 heavy (non-hydrogen) atoms. The highest BCUT2D eigenvalue weighted by molar-refractivity contribution is 5.94. The van der Waals surface area contributed by atoms with E-state index in [0.717, 1.165) is 12.1 Å². The zero-order valence-electron chi connectivity index (χ0n) is 11.0. The molecule has 1 aliphatic heterocycles. The lowest BCUT2D eigenvalue weighted by molar-refractivity contribution is 0.0715. The number of nitrogens with one attached hydrogen (secondary N) is 1. The Morgan fingerprint density at radius 2 is 2.19 bits per heavy atom. The maximum absolute atomic E-state index is 13.4. The molecule has 2 atom stereocenters. The fourth-order valence-corrected chi connectivity index (χ4v) is 2.61. The molecule has 3 rings (SSSR count). The van der Waals surface area contributed by atoms with Crippen molar-refractivity contribution >= 4 is 5.91 Å². The summed E-state index contributed by atoms with van der Waals surface area (Å²) in [4.78, 5) is 13.8. The van der Waals surface area contributed by atoms with Crippen LogP contribution in [0.5, 0.6) is 0 Å². The molecule has 110 valence electrons. The van der Waals surface area contributed by atoms with E-state index in [1.165, 1.54) is 23.4 Å². The van der Waals surface area contributed by atoms with Gasteiger partial charge < -0.3 is 10.0 Å². The van der Waals surface area contributed by atoms with Gasteiger partial charge in [0.05, 0.1) is 23.9 Å². The minimum absolute atomic E-state index is 0.147. The first-order valence-corrected chi connectivity index (χ1v) is 6.49. The Hall–Kier alpha value is -2.28. The number of aliphatic hydroxyl groups excluding tert-OH is 1. The predicted molar refractivity (Wildman–Crippen MR) is 69.3 cm³/mol. The highest BCUT2D eigenvalue weighted by atomic mass is 19.2. The van der Waals surface area contributed by atoms with Gasteiger partial charge in [-0.2, -0.15) is 5.10 Å². The molecule has 0 unspecified atom stereocenters. The highest BCUT2D eigenvalue weighted by Crippen LogP contribution is 2.33. The minimum atomic E-state index is -0.968. The number of rotatable bonds is 2. The van der Waals surface area contributed by atoms with E-state index >= 15 is 0 Å². The van der Waals surface area contributed by atoms with Gasteiger partial charge in [0, 0.05) is 12.7 Å². The number of benzene rings is 1. The molecule has 2 heterocycles. The van der Waals surface area contributed by atoms with Crippen molar-refractivity contribution in [2.45, 2.75) is 18.6 Å². The van der Waals surface area contributed by atoms with E-state index in [4.69, 9.17) is 0 Å². The SMILES string of the molecule is O=C(c1cn[nH]c1)N1C[C@@H](O)C[C@@H]1c1ccc(F)c(F)c1. The third-order valence-corrected chi connectivity index (χ3v) is 3.61. The molecule has 5 nitrogen and oxygen atoms in total. The third-order valence-electron chi connectivity index (χ3n) is 3.61. The zero-order chi connectivity index (χ0) is 15.0. The second kappa shape index (κ2) is 5.25. The summed E-state index contributed by atoms with van der Waals surface area (Å²) in [6.07, 6.45) is 2.43. The fraction of sp³-hybridized carbons (Fsp3) is 0.286. The number of aromatic amines is 1. The Morgan fingerprint density at radius 1 is 1.38 bits per heavy atom. The Bertz CT molecular complexity index is 660. The summed E-state index contributed by atoms with van der Waals surface area (Å²) in [5, 5.41) is 16.1. The summed E-state index contributed by atoms with van der Waals surface area (Å²) in [5.41, 5.74) is 0.818. The molecule has 1 fully saturated rings. The van der Waals surface area contributed by atoms with Crippen LogP contribution in [0.1, 0.15) is 28.4 Å². The number of carbonyl (C=O) groups excluding carboxylic acids is 1. The molecule has 2 N–H and O–H groups in total. The van der Waals surface area contributed by atoms with Crippen LogP contribution in [-0.2, 0) is 0 Å². The summed E-state index contributed by atoms with van der Waals surface area (Å²) in [6, 6.07) is 3.03. The summed E-state index contributed by atoms with van der Waals surface area (Å²) < 4.78 is 26.4. The van der Waals surface area contributed by atoms with Gasteiger partial charge in [0.2, 0.25) is 0 Å². The number of likely N-dealkylation sites (tertiary alicyclic amines) is 1. The zero-order valence-corrected chi connectivity index (χ0v) is 11.0. The molecule has 0 spiro atoms. The topological polar surface area (TPSA) is 69.2 Å². The van der Waals surface area contributed by atoms with Crippen molar-refractivity contribution in [3.63, 3.8) is 0 Å². The summed E-state index contributed by atoms with van der Waals surface area (Å²) in [5.74, 6) is -2.22. The lowest BCUT2D eigenvalue weighted by Gasteiger charge is -2.24. The number of halogens is 2. The van der Waals surface area contributed by atoms with E-state index in [-0.39, 0.29) is 18.9 Å². The van der Waals surface area contributed by atoms with Gasteiger partial charge in [0.25, 0.3) is 5.91 Å². The van der Waals surface area contributed by atoms with E-state index in [9.17, 15) is 18.7 Å². The van der Waals surface area contributed by atoms with Gasteiger partial charge in [-0.25, -0.2) is 8.78 Å². The number of β-amino-alcohol motifs (C(OH)–C–C–N with tert-alkyl or cyclic N) is 1. The molecule has 1 amide bonds. The first kappa shape index (κ1) is 13.7. The van der Waals surface area contributed by atoms with Gasteiger partial charge >= 0.3 is 0 Å². The van der Waals surface area contributed by atoms with Crippen LogP contribution in [0.3, 0.4) is 0 Å². The number of carbonyl (C=O) groups is 1. The quantitative estimate of drug-likeness (QED) is 0.884. The standard InChI is InChI=1S/C14H13F2N3O2/c15-11-2-1-8(3-12(11)16)13-4-10(20)7-19(13)14(21)9-5-17-18-6-9/h1-3,5-6,10,13,20H,4,7H2,(H,17,18)/t10-,13+/m0/s1. The van der Waals surface area contributed by atoms with E-state index in [1.54, 1.807) is 0 Å². The van der Waals surface area contributed by atoms with Crippen LogP contribution in [0.15, 0.2) is 30.6 Å². The number of H-pyrrole nitrogens is 1. The molecule has 1 saturated heterocycles. The lowest BCUT2D eigenvalue weighted by atomic mass is 10.0. The third kappa shape index (κ3) is 2.52. The number of hydrogen-bond donors (Lipinski definition) is 2. The molecule has 1 aliphatic rings. The largest absolute Gasteiger partial charge is 0.391 e. The monoisotopic (exact) mass is 293 g/mol. The van der Waals surface area contributed by atoms with Crippen LogP contribution in [-0.4, -0.2) is 38.8 Å². The van der Waals surface area contributed by atoms with E-state index < -0.39 is 23.8 Å². The Morgan fingerprint density at radius 3 is 2.86 bits per heavy atom. The second-order valence-corrected chi connectivity index (χ2v) is 5.02. The van der Waals surface area contributed by atoms with E-state index in [0.29, 0.717) is 11.1 Å². The van der Waals surface area contributed by atoms with Crippen molar-refractivity contribution in [1.29, 1.82) is 0 Å². The average Bonchev–Trinajstić information content (AvgIpc) is 3.10. The van der Waals surface area contributed by atoms with Gasteiger partial charge in [-0.05, 0) is 24.1 Å². The van der Waals surface area contributed by atoms with Crippen LogP contribution < -0.4 is 0 Å². The smallest absolute Gasteiger partial charge is 0.257 e. The maximum Gasteiger partial charge on any atom is 0.257 e. The van der Waals surface area contributed by atoms with E-state index in [1.807, 2.05) is 0 Å². The van der Waals surface area contributed by atoms with Gasteiger partial charge in [0.15, 0.2) is 11.6 Å². The predicted octanol–water partition coefficient (Wildman–Crippen LogP) is 1.64. The van der Waals surface area contributed by atoms with Gasteiger partial charge in [-0.3, -0.25) is 9.89 Å². The Kier molecular flexibility index (Phi) is 3.42. The van der Waals surface area contributed by atoms with E-state index in [2.05, 4.69) is 10.2 Å². The van der Waals surface area contributed by atoms with Gasteiger partial charge in [-0.1, -0.05) is 6.07 Å². The van der Waals surface area contributed by atoms with Crippen molar-refractivity contribution in [3.05, 3.63) is 53.4 Å². The highest BCUT2D eigenvalue weighted by Gasteiger charge is 2.36. The molecule has 0 saturated carbocycles. The summed E-state index contributed by atoms with van der Waals surface area (Å²) >= 11 is 0. The van der Waals surface area contributed by atoms with Crippen molar-refractivity contribution < 1.29 is 18.7 Å².